The fraction of sp³-hybridized carbons (Fsp3) is 0.286. The third kappa shape index (κ3) is 6.56. The zero-order valence-electron chi connectivity index (χ0n) is 23.6. The van der Waals surface area contributed by atoms with Crippen LogP contribution >= 0.6 is 11.9 Å². The SMILES string of the molecule is C=C/C=N\c1c(C(=O)NC(C)c2nc3cccc(C#Cc4cnn(C)c4)c3c(=O)n2CCSN(C)C)c(N)nn1C. The number of aromatic nitrogens is 6. The molecule has 1 aromatic carbocycles. The van der Waals surface area contributed by atoms with E-state index < -0.39 is 11.9 Å². The van der Waals surface area contributed by atoms with Crippen molar-refractivity contribution >= 4 is 46.6 Å². The molecule has 4 rings (SSSR count). The predicted octanol–water partition coefficient (Wildman–Crippen LogP) is 2.43. The van der Waals surface area contributed by atoms with Gasteiger partial charge in [0.15, 0.2) is 11.6 Å². The molecule has 12 nitrogen and oxygen atoms in total. The Morgan fingerprint density at radius 3 is 2.78 bits per heavy atom. The summed E-state index contributed by atoms with van der Waals surface area (Å²) in [6.07, 6.45) is 6.42. The molecule has 3 heterocycles. The number of amides is 1. The van der Waals surface area contributed by atoms with E-state index >= 15 is 0 Å². The molecule has 1 atom stereocenters. The molecule has 3 N–H and O–H groups in total. The lowest BCUT2D eigenvalue weighted by molar-refractivity contribution is 0.0939. The Kier molecular flexibility index (Phi) is 9.06. The number of nitrogen functional groups attached to an aromatic ring is 1. The molecule has 3 aromatic heterocycles. The van der Waals surface area contributed by atoms with E-state index in [9.17, 15) is 9.59 Å². The maximum atomic E-state index is 14.0. The number of hydrogen-bond acceptors (Lipinski definition) is 9. The molecule has 0 radical (unpaired) electrons. The van der Waals surface area contributed by atoms with Crippen LogP contribution in [0.15, 0.2) is 53.0 Å². The van der Waals surface area contributed by atoms with Crippen molar-refractivity contribution in [2.24, 2.45) is 19.1 Å². The number of nitrogens with two attached hydrogens (primary N) is 1. The molecule has 4 aromatic rings. The van der Waals surface area contributed by atoms with Crippen LogP contribution in [0, 0.1) is 11.8 Å². The van der Waals surface area contributed by atoms with Gasteiger partial charge in [-0.15, -0.1) is 0 Å². The molecule has 0 saturated heterocycles. The number of hydrogen-bond donors (Lipinski definition) is 2. The molecule has 0 bridgehead atoms. The largest absolute Gasteiger partial charge is 0.381 e. The van der Waals surface area contributed by atoms with Crippen LogP contribution < -0.4 is 16.6 Å². The highest BCUT2D eigenvalue weighted by atomic mass is 32.2. The summed E-state index contributed by atoms with van der Waals surface area (Å²) in [6.45, 7) is 5.76. The highest BCUT2D eigenvalue weighted by Crippen LogP contribution is 2.25. The molecule has 0 saturated carbocycles. The molecule has 41 heavy (non-hydrogen) atoms. The van der Waals surface area contributed by atoms with Gasteiger partial charge in [0.05, 0.1) is 28.7 Å². The molecule has 1 unspecified atom stereocenters. The van der Waals surface area contributed by atoms with Crippen LogP contribution in [0.1, 0.15) is 40.3 Å². The number of anilines is 1. The van der Waals surface area contributed by atoms with Crippen molar-refractivity contribution in [2.75, 3.05) is 25.6 Å². The normalized spacial score (nSPS) is 12.0. The van der Waals surface area contributed by atoms with Crippen molar-refractivity contribution in [1.82, 2.24) is 38.7 Å². The van der Waals surface area contributed by atoms with Crippen LogP contribution in [-0.4, -0.2) is 65.4 Å². The Morgan fingerprint density at radius 2 is 2.10 bits per heavy atom. The minimum absolute atomic E-state index is 0.0384. The highest BCUT2D eigenvalue weighted by molar-refractivity contribution is 7.96. The maximum absolute atomic E-state index is 14.0. The molecule has 0 aliphatic carbocycles. The number of carbonyl (C=O) groups excluding carboxylic acids is 1. The van der Waals surface area contributed by atoms with Crippen molar-refractivity contribution in [3.63, 3.8) is 0 Å². The van der Waals surface area contributed by atoms with E-state index in [0.29, 0.717) is 34.6 Å². The van der Waals surface area contributed by atoms with Crippen molar-refractivity contribution in [3.8, 4) is 11.8 Å². The first-order chi connectivity index (χ1) is 19.6. The van der Waals surface area contributed by atoms with Crippen molar-refractivity contribution < 1.29 is 4.79 Å². The zero-order valence-corrected chi connectivity index (χ0v) is 24.4. The molecule has 0 fully saturated rings. The molecule has 13 heteroatoms. The van der Waals surface area contributed by atoms with Crippen LogP contribution in [-0.2, 0) is 20.6 Å². The van der Waals surface area contributed by atoms with Gasteiger partial charge in [0.1, 0.15) is 11.4 Å². The summed E-state index contributed by atoms with van der Waals surface area (Å²) in [6, 6.07) is 4.73. The molecular weight excluding hydrogens is 540 g/mol. The Labute approximate surface area is 242 Å². The van der Waals surface area contributed by atoms with Gasteiger partial charge in [-0.25, -0.2) is 14.7 Å². The van der Waals surface area contributed by atoms with Gasteiger partial charge in [-0.1, -0.05) is 42.5 Å². The van der Waals surface area contributed by atoms with Gasteiger partial charge in [0, 0.05) is 44.4 Å². The standard InChI is InChI=1S/C28H32N10O2S/c1-7-13-30-26-23(24(29)34-37(26)6)27(39)32-18(2)25-33-21-10-8-9-20(12-11-19-16-31-36(5)17-19)22(21)28(40)38(25)14-15-41-35(3)4/h7-10,13,16-18H,1,14-15H2,2-6H3,(H2,29,34)(H,32,39)/b30-13-. The smallest absolute Gasteiger partial charge is 0.262 e. The van der Waals surface area contributed by atoms with Gasteiger partial charge in [-0.05, 0) is 33.2 Å². The van der Waals surface area contributed by atoms with E-state index in [4.69, 9.17) is 10.7 Å². The highest BCUT2D eigenvalue weighted by Gasteiger charge is 2.25. The monoisotopic (exact) mass is 572 g/mol. The maximum Gasteiger partial charge on any atom is 0.262 e. The van der Waals surface area contributed by atoms with E-state index in [1.165, 1.54) is 17.0 Å². The van der Waals surface area contributed by atoms with Gasteiger partial charge < -0.3 is 11.1 Å². The van der Waals surface area contributed by atoms with Gasteiger partial charge in [-0.3, -0.25) is 23.1 Å². The average Bonchev–Trinajstić information content (AvgIpc) is 3.47. The van der Waals surface area contributed by atoms with E-state index in [0.717, 1.165) is 5.56 Å². The van der Waals surface area contributed by atoms with Gasteiger partial charge in [0.2, 0.25) is 0 Å². The third-order valence-corrected chi connectivity index (χ3v) is 6.91. The zero-order chi connectivity index (χ0) is 29.7. The number of carbonyl (C=O) groups is 1. The molecule has 212 valence electrons. The van der Waals surface area contributed by atoms with Gasteiger partial charge in [0.25, 0.3) is 11.5 Å². The predicted molar refractivity (Wildman–Crippen MR) is 163 cm³/mol. The lowest BCUT2D eigenvalue weighted by Gasteiger charge is -2.20. The number of fused-ring (bicyclic) bond motifs is 1. The van der Waals surface area contributed by atoms with Crippen LogP contribution in [0.3, 0.4) is 0 Å². The van der Waals surface area contributed by atoms with Gasteiger partial charge in [-0.2, -0.15) is 10.2 Å². The molecule has 0 aliphatic rings. The first kappa shape index (κ1) is 29.3. The average molecular weight is 573 g/mol. The first-order valence-corrected chi connectivity index (χ1v) is 13.7. The van der Waals surface area contributed by atoms with Crippen molar-refractivity contribution in [2.45, 2.75) is 19.5 Å². The van der Waals surface area contributed by atoms with Crippen molar-refractivity contribution in [3.05, 3.63) is 76.1 Å². The number of aliphatic imine (C=N–C) groups is 1. The summed E-state index contributed by atoms with van der Waals surface area (Å²) in [5.74, 6) is 7.05. The number of benzene rings is 1. The fourth-order valence-corrected chi connectivity index (χ4v) is 4.86. The number of aryl methyl sites for hydroxylation is 2. The second-order valence-electron chi connectivity index (χ2n) is 9.34. The molecular formula is C28H32N10O2S. The Hall–Kier alpha value is -4.67. The van der Waals surface area contributed by atoms with Crippen LogP contribution in [0.5, 0.6) is 0 Å². The third-order valence-electron chi connectivity index (χ3n) is 6.03. The minimum Gasteiger partial charge on any atom is -0.381 e. The first-order valence-electron chi connectivity index (χ1n) is 12.7. The van der Waals surface area contributed by atoms with Crippen molar-refractivity contribution in [1.29, 1.82) is 0 Å². The van der Waals surface area contributed by atoms with Crippen LogP contribution in [0.4, 0.5) is 11.6 Å². The summed E-state index contributed by atoms with van der Waals surface area (Å²) in [5, 5.41) is 11.6. The number of rotatable bonds is 9. The molecule has 1 amide bonds. The molecule has 0 aliphatic heterocycles. The van der Waals surface area contributed by atoms with E-state index in [1.807, 2.05) is 31.5 Å². The van der Waals surface area contributed by atoms with E-state index in [2.05, 4.69) is 38.9 Å². The summed E-state index contributed by atoms with van der Waals surface area (Å²) >= 11 is 1.57. The van der Waals surface area contributed by atoms with E-state index in [1.54, 1.807) is 59.7 Å². The topological polar surface area (TPSA) is 141 Å². The lowest BCUT2D eigenvalue weighted by atomic mass is 10.1. The van der Waals surface area contributed by atoms with Crippen LogP contribution in [0.2, 0.25) is 0 Å². The Balaban J connectivity index is 1.77. The van der Waals surface area contributed by atoms with E-state index in [-0.39, 0.29) is 22.8 Å². The number of nitrogens with one attached hydrogen (secondary N) is 1. The Bertz CT molecular complexity index is 1750. The summed E-state index contributed by atoms with van der Waals surface area (Å²) < 4.78 is 6.65. The van der Waals surface area contributed by atoms with Gasteiger partial charge >= 0.3 is 0 Å². The summed E-state index contributed by atoms with van der Waals surface area (Å²) in [4.78, 5) is 36.5. The number of allylic oxidation sites excluding steroid dienone is 1. The lowest BCUT2D eigenvalue weighted by Crippen LogP contribution is -2.35. The summed E-state index contributed by atoms with van der Waals surface area (Å²) in [5.41, 5.74) is 7.73. The Morgan fingerprint density at radius 1 is 1.32 bits per heavy atom. The minimum atomic E-state index is -0.648. The number of nitrogens with zero attached hydrogens (tertiary/aromatic N) is 8. The van der Waals surface area contributed by atoms with Crippen LogP contribution in [0.25, 0.3) is 10.9 Å². The molecule has 0 spiro atoms. The second-order valence-corrected chi connectivity index (χ2v) is 10.7. The fourth-order valence-electron chi connectivity index (χ4n) is 4.23. The second kappa shape index (κ2) is 12.7. The quantitative estimate of drug-likeness (QED) is 0.177. The summed E-state index contributed by atoms with van der Waals surface area (Å²) in [7, 11) is 7.34.